The maximum atomic E-state index is 4.03. The number of rotatable bonds is 7. The molecular formula is C14H22N6. The summed E-state index contributed by atoms with van der Waals surface area (Å²) >= 11 is 0. The van der Waals surface area contributed by atoms with Gasteiger partial charge in [-0.2, -0.15) is 4.68 Å². The zero-order valence-electron chi connectivity index (χ0n) is 12.3. The van der Waals surface area contributed by atoms with Crippen LogP contribution in [0.1, 0.15) is 20.3 Å². The first-order valence-electron chi connectivity index (χ1n) is 7.00. The van der Waals surface area contributed by atoms with Crippen LogP contribution in [0.5, 0.6) is 0 Å². The lowest BCUT2D eigenvalue weighted by atomic mass is 10.2. The summed E-state index contributed by atoms with van der Waals surface area (Å²) < 4.78 is 1.71. The number of nitrogens with zero attached hydrogens (tertiary/aromatic N) is 5. The van der Waals surface area contributed by atoms with Crippen LogP contribution in [0.15, 0.2) is 30.3 Å². The van der Waals surface area contributed by atoms with Crippen molar-refractivity contribution in [2.24, 2.45) is 0 Å². The summed E-state index contributed by atoms with van der Waals surface area (Å²) in [6.45, 7) is 6.20. The van der Waals surface area contributed by atoms with Crippen molar-refractivity contribution >= 4 is 5.95 Å². The molecule has 1 heterocycles. The summed E-state index contributed by atoms with van der Waals surface area (Å²) in [5.74, 6) is 0.675. The normalized spacial score (nSPS) is 12.6. The standard InChI is InChI=1S/C14H22N6/c1-4-12(2)19(3)11-10-15-14-16-17-18-20(14)13-8-6-5-7-9-13/h5-9,12H,4,10-11H2,1-3H3,(H,15,16,18). The summed E-state index contributed by atoms with van der Waals surface area (Å²) in [4.78, 5) is 2.32. The van der Waals surface area contributed by atoms with Crippen LogP contribution in [0.4, 0.5) is 5.95 Å². The van der Waals surface area contributed by atoms with Crippen LogP contribution >= 0.6 is 0 Å². The summed E-state index contributed by atoms with van der Waals surface area (Å²) in [7, 11) is 2.13. The number of hydrogen-bond acceptors (Lipinski definition) is 5. The van der Waals surface area contributed by atoms with E-state index in [4.69, 9.17) is 0 Å². The molecule has 0 aliphatic carbocycles. The number of nitrogens with one attached hydrogen (secondary N) is 1. The van der Waals surface area contributed by atoms with E-state index in [0.29, 0.717) is 12.0 Å². The van der Waals surface area contributed by atoms with Crippen LogP contribution in [0.2, 0.25) is 0 Å². The number of benzene rings is 1. The van der Waals surface area contributed by atoms with Crippen LogP contribution in [0.25, 0.3) is 5.69 Å². The van der Waals surface area contributed by atoms with E-state index in [1.165, 1.54) is 0 Å². The summed E-state index contributed by atoms with van der Waals surface area (Å²) in [6, 6.07) is 10.5. The lowest BCUT2D eigenvalue weighted by molar-refractivity contribution is 0.261. The van der Waals surface area contributed by atoms with Crippen molar-refractivity contribution < 1.29 is 0 Å². The van der Waals surface area contributed by atoms with Crippen molar-refractivity contribution in [3.05, 3.63) is 30.3 Å². The SMILES string of the molecule is CCC(C)N(C)CCNc1nnnn1-c1ccccc1. The molecular weight excluding hydrogens is 252 g/mol. The second-order valence-corrected chi connectivity index (χ2v) is 4.91. The molecule has 1 aromatic heterocycles. The molecule has 0 aliphatic heterocycles. The molecule has 1 N–H and O–H groups in total. The topological polar surface area (TPSA) is 58.9 Å². The lowest BCUT2D eigenvalue weighted by Gasteiger charge is -2.23. The second-order valence-electron chi connectivity index (χ2n) is 4.91. The Bertz CT molecular complexity index is 509. The Labute approximate surface area is 119 Å². The van der Waals surface area contributed by atoms with Crippen molar-refractivity contribution in [3.63, 3.8) is 0 Å². The predicted molar refractivity (Wildman–Crippen MR) is 80.0 cm³/mol. The van der Waals surface area contributed by atoms with Crippen molar-refractivity contribution in [1.29, 1.82) is 0 Å². The molecule has 0 radical (unpaired) electrons. The molecule has 0 saturated heterocycles. The van der Waals surface area contributed by atoms with Gasteiger partial charge in [0.25, 0.3) is 0 Å². The lowest BCUT2D eigenvalue weighted by Crippen LogP contribution is -2.33. The fraction of sp³-hybridized carbons (Fsp3) is 0.500. The Balaban J connectivity index is 1.93. The number of aromatic nitrogens is 4. The largest absolute Gasteiger partial charge is 0.351 e. The van der Waals surface area contributed by atoms with Crippen molar-refractivity contribution in [3.8, 4) is 5.69 Å². The van der Waals surface area contributed by atoms with Crippen LogP contribution in [0, 0.1) is 0 Å². The molecule has 108 valence electrons. The second kappa shape index (κ2) is 7.00. The fourth-order valence-corrected chi connectivity index (χ4v) is 1.92. The molecule has 1 atom stereocenters. The van der Waals surface area contributed by atoms with Gasteiger partial charge >= 0.3 is 0 Å². The van der Waals surface area contributed by atoms with E-state index >= 15 is 0 Å². The van der Waals surface area contributed by atoms with Gasteiger partial charge in [-0.05, 0) is 43.0 Å². The van der Waals surface area contributed by atoms with E-state index in [-0.39, 0.29) is 0 Å². The van der Waals surface area contributed by atoms with Crippen LogP contribution in [0.3, 0.4) is 0 Å². The van der Waals surface area contributed by atoms with Gasteiger partial charge in [0.15, 0.2) is 0 Å². The summed E-state index contributed by atoms with van der Waals surface area (Å²) in [5, 5.41) is 15.1. The Morgan fingerprint density at radius 2 is 2.05 bits per heavy atom. The highest BCUT2D eigenvalue weighted by Gasteiger charge is 2.09. The minimum absolute atomic E-state index is 0.585. The van der Waals surface area contributed by atoms with Gasteiger partial charge in [-0.3, -0.25) is 0 Å². The molecule has 2 aromatic rings. The maximum absolute atomic E-state index is 4.03. The molecule has 0 saturated carbocycles. The van der Waals surface area contributed by atoms with Gasteiger partial charge in [0.05, 0.1) is 5.69 Å². The minimum Gasteiger partial charge on any atom is -0.351 e. The number of likely N-dealkylation sites (N-methyl/N-ethyl adjacent to an activating group) is 1. The number of anilines is 1. The third-order valence-corrected chi connectivity index (χ3v) is 3.56. The first-order valence-corrected chi connectivity index (χ1v) is 7.00. The van der Waals surface area contributed by atoms with Crippen molar-refractivity contribution in [2.45, 2.75) is 26.3 Å². The van der Waals surface area contributed by atoms with E-state index in [0.717, 1.165) is 25.2 Å². The van der Waals surface area contributed by atoms with Gasteiger partial charge < -0.3 is 10.2 Å². The smallest absolute Gasteiger partial charge is 0.247 e. The molecule has 0 bridgehead atoms. The van der Waals surface area contributed by atoms with Crippen molar-refractivity contribution in [1.82, 2.24) is 25.1 Å². The Morgan fingerprint density at radius 1 is 1.30 bits per heavy atom. The van der Waals surface area contributed by atoms with Gasteiger partial charge in [0.1, 0.15) is 0 Å². The average molecular weight is 274 g/mol. The third kappa shape index (κ3) is 3.54. The van der Waals surface area contributed by atoms with E-state index in [1.807, 2.05) is 30.3 Å². The molecule has 1 unspecified atom stereocenters. The fourth-order valence-electron chi connectivity index (χ4n) is 1.92. The zero-order valence-corrected chi connectivity index (χ0v) is 12.3. The molecule has 1 aromatic carbocycles. The van der Waals surface area contributed by atoms with E-state index in [1.54, 1.807) is 4.68 Å². The predicted octanol–water partition coefficient (Wildman–Crippen LogP) is 1.80. The molecule has 0 fully saturated rings. The number of hydrogen-bond donors (Lipinski definition) is 1. The van der Waals surface area contributed by atoms with Gasteiger partial charge in [-0.1, -0.05) is 30.2 Å². The Morgan fingerprint density at radius 3 is 2.75 bits per heavy atom. The molecule has 2 rings (SSSR count). The highest BCUT2D eigenvalue weighted by molar-refractivity contribution is 5.38. The number of para-hydroxylation sites is 1. The Kier molecular flexibility index (Phi) is 5.06. The molecule has 0 aliphatic rings. The van der Waals surface area contributed by atoms with Gasteiger partial charge in [-0.25, -0.2) is 0 Å². The highest BCUT2D eigenvalue weighted by atomic mass is 15.6. The van der Waals surface area contributed by atoms with Crippen LogP contribution < -0.4 is 5.32 Å². The zero-order chi connectivity index (χ0) is 14.4. The molecule has 6 heteroatoms. The maximum Gasteiger partial charge on any atom is 0.247 e. The third-order valence-electron chi connectivity index (χ3n) is 3.56. The number of tetrazole rings is 1. The van der Waals surface area contributed by atoms with E-state index < -0.39 is 0 Å². The van der Waals surface area contributed by atoms with E-state index in [9.17, 15) is 0 Å². The molecule has 0 spiro atoms. The minimum atomic E-state index is 0.585. The Hall–Kier alpha value is -1.95. The van der Waals surface area contributed by atoms with Crippen LogP contribution in [-0.2, 0) is 0 Å². The van der Waals surface area contributed by atoms with E-state index in [2.05, 4.69) is 46.6 Å². The van der Waals surface area contributed by atoms with Gasteiger partial charge in [0, 0.05) is 19.1 Å². The molecule has 6 nitrogen and oxygen atoms in total. The van der Waals surface area contributed by atoms with Crippen LogP contribution in [-0.4, -0.2) is 51.3 Å². The molecule has 20 heavy (non-hydrogen) atoms. The van der Waals surface area contributed by atoms with Gasteiger partial charge in [0.2, 0.25) is 5.95 Å². The first-order chi connectivity index (χ1) is 9.72. The molecule has 0 amide bonds. The summed E-state index contributed by atoms with van der Waals surface area (Å²) in [5.41, 5.74) is 0.954. The van der Waals surface area contributed by atoms with Gasteiger partial charge in [-0.15, -0.1) is 0 Å². The quantitative estimate of drug-likeness (QED) is 0.834. The van der Waals surface area contributed by atoms with Crippen molar-refractivity contribution in [2.75, 3.05) is 25.5 Å². The summed E-state index contributed by atoms with van der Waals surface area (Å²) in [6.07, 6.45) is 1.15. The first kappa shape index (κ1) is 14.5. The average Bonchev–Trinajstić information content (AvgIpc) is 2.95. The highest BCUT2D eigenvalue weighted by Crippen LogP contribution is 2.10. The monoisotopic (exact) mass is 274 g/mol.